The highest BCUT2D eigenvalue weighted by atomic mass is 16.6. The topological polar surface area (TPSA) is 29.5 Å². The Balaban J connectivity index is 2.15. The molecule has 72 valence electrons. The van der Waals surface area contributed by atoms with Crippen LogP contribution < -0.4 is 0 Å². The van der Waals surface area contributed by atoms with Gasteiger partial charge in [-0.1, -0.05) is 12.2 Å². The van der Waals surface area contributed by atoms with Gasteiger partial charge in [-0.2, -0.15) is 0 Å². The molecule has 1 fully saturated rings. The first-order valence-corrected chi connectivity index (χ1v) is 4.89. The van der Waals surface area contributed by atoms with Gasteiger partial charge in [0.25, 0.3) is 0 Å². The van der Waals surface area contributed by atoms with Crippen LogP contribution in [0.2, 0.25) is 0 Å². The van der Waals surface area contributed by atoms with E-state index in [0.717, 1.165) is 19.3 Å². The molecule has 2 atom stereocenters. The minimum absolute atomic E-state index is 0.0917. The van der Waals surface area contributed by atoms with E-state index >= 15 is 0 Å². The molecule has 2 unspecified atom stereocenters. The second-order valence-corrected chi connectivity index (χ2v) is 3.74. The molecule has 1 aliphatic heterocycles. The number of nitrogens with zero attached hydrogens (tertiary/aromatic N) is 1. The second-order valence-electron chi connectivity index (χ2n) is 3.74. The molecule has 0 radical (unpaired) electrons. The van der Waals surface area contributed by atoms with Crippen molar-refractivity contribution in [1.29, 1.82) is 0 Å². The Bertz CT molecular complexity index is 237. The molecule has 0 aromatic heterocycles. The van der Waals surface area contributed by atoms with Crippen molar-refractivity contribution in [3.05, 3.63) is 12.2 Å². The molecule has 13 heavy (non-hydrogen) atoms. The molecule has 1 amide bonds. The Hall–Kier alpha value is -0.990. The molecule has 0 aromatic carbocycles. The van der Waals surface area contributed by atoms with Crippen molar-refractivity contribution in [1.82, 2.24) is 4.90 Å². The molecule has 0 saturated carbocycles. The van der Waals surface area contributed by atoms with E-state index in [9.17, 15) is 4.79 Å². The number of likely N-dealkylation sites (N-methyl/N-ethyl adjacent to an activating group) is 1. The lowest BCUT2D eigenvalue weighted by Gasteiger charge is -2.19. The van der Waals surface area contributed by atoms with Crippen LogP contribution in [0.25, 0.3) is 0 Å². The summed E-state index contributed by atoms with van der Waals surface area (Å²) in [6, 6.07) is 0.174. The number of amides is 1. The maximum atomic E-state index is 11.2. The zero-order chi connectivity index (χ0) is 9.26. The molecule has 0 aromatic rings. The summed E-state index contributed by atoms with van der Waals surface area (Å²) in [5.74, 6) is 0. The van der Waals surface area contributed by atoms with Gasteiger partial charge in [-0.15, -0.1) is 0 Å². The Morgan fingerprint density at radius 2 is 2.38 bits per heavy atom. The summed E-state index contributed by atoms with van der Waals surface area (Å²) >= 11 is 0. The van der Waals surface area contributed by atoms with E-state index in [-0.39, 0.29) is 18.2 Å². The predicted molar refractivity (Wildman–Crippen MR) is 49.4 cm³/mol. The lowest BCUT2D eigenvalue weighted by atomic mass is 10.00. The third-order valence-corrected chi connectivity index (χ3v) is 2.81. The van der Waals surface area contributed by atoms with Gasteiger partial charge in [0.1, 0.15) is 6.10 Å². The molecule has 2 rings (SSSR count). The number of ether oxygens (including phenoxy) is 1. The highest BCUT2D eigenvalue weighted by molar-refractivity contribution is 5.70. The normalized spacial score (nSPS) is 36.1. The fourth-order valence-electron chi connectivity index (χ4n) is 1.98. The van der Waals surface area contributed by atoms with Crippen LogP contribution in [0.15, 0.2) is 12.2 Å². The number of allylic oxidation sites excluding steroid dienone is 1. The van der Waals surface area contributed by atoms with E-state index in [0.29, 0.717) is 0 Å². The molecule has 1 aliphatic carbocycles. The van der Waals surface area contributed by atoms with Gasteiger partial charge in [0.2, 0.25) is 0 Å². The summed E-state index contributed by atoms with van der Waals surface area (Å²) < 4.78 is 5.25. The van der Waals surface area contributed by atoms with Gasteiger partial charge in [0.15, 0.2) is 0 Å². The van der Waals surface area contributed by atoms with E-state index in [2.05, 4.69) is 12.2 Å². The van der Waals surface area contributed by atoms with Crippen LogP contribution in [-0.2, 0) is 4.74 Å². The monoisotopic (exact) mass is 181 g/mol. The van der Waals surface area contributed by atoms with Crippen LogP contribution >= 0.6 is 0 Å². The first-order chi connectivity index (χ1) is 6.29. The van der Waals surface area contributed by atoms with Crippen molar-refractivity contribution < 1.29 is 9.53 Å². The van der Waals surface area contributed by atoms with E-state index in [4.69, 9.17) is 4.74 Å². The van der Waals surface area contributed by atoms with E-state index in [1.807, 2.05) is 0 Å². The molecule has 0 N–H and O–H groups in total. The summed E-state index contributed by atoms with van der Waals surface area (Å²) in [6.45, 7) is 0. The van der Waals surface area contributed by atoms with Crippen LogP contribution in [0.5, 0.6) is 0 Å². The highest BCUT2D eigenvalue weighted by Gasteiger charge is 2.37. The van der Waals surface area contributed by atoms with Gasteiger partial charge in [-0.05, 0) is 25.7 Å². The molecule has 1 heterocycles. The summed E-state index contributed by atoms with van der Waals surface area (Å²) in [7, 11) is 1.80. The molecular weight excluding hydrogens is 166 g/mol. The molecular formula is C10H15NO2. The van der Waals surface area contributed by atoms with E-state index < -0.39 is 0 Å². The van der Waals surface area contributed by atoms with Gasteiger partial charge < -0.3 is 9.64 Å². The predicted octanol–water partition coefficient (Wildman–Crippen LogP) is 1.94. The second kappa shape index (κ2) is 3.40. The number of carbonyl (C=O) groups is 1. The first-order valence-electron chi connectivity index (χ1n) is 4.89. The first kappa shape index (κ1) is 8.60. The third kappa shape index (κ3) is 1.55. The summed E-state index contributed by atoms with van der Waals surface area (Å²) in [5.41, 5.74) is 0. The fourth-order valence-corrected chi connectivity index (χ4v) is 1.98. The Morgan fingerprint density at radius 3 is 3.23 bits per heavy atom. The van der Waals surface area contributed by atoms with E-state index in [1.54, 1.807) is 11.9 Å². The average Bonchev–Trinajstić information content (AvgIpc) is 2.31. The average molecular weight is 181 g/mol. The number of hydrogen-bond acceptors (Lipinski definition) is 2. The Labute approximate surface area is 78.4 Å². The van der Waals surface area contributed by atoms with Crippen LogP contribution in [0.1, 0.15) is 25.7 Å². The summed E-state index contributed by atoms with van der Waals surface area (Å²) in [6.07, 6.45) is 8.68. The number of carbonyl (C=O) groups excluding carboxylic acids is 1. The van der Waals surface area contributed by atoms with Gasteiger partial charge in [0.05, 0.1) is 6.04 Å². The Morgan fingerprint density at radius 1 is 1.54 bits per heavy atom. The SMILES string of the molecule is CN1C(=O)OC2CCCC/C=C/C21. The zero-order valence-corrected chi connectivity index (χ0v) is 7.90. The molecule has 0 bridgehead atoms. The van der Waals surface area contributed by atoms with Gasteiger partial charge >= 0.3 is 6.09 Å². The molecule has 3 heteroatoms. The summed E-state index contributed by atoms with van der Waals surface area (Å²) in [4.78, 5) is 12.9. The van der Waals surface area contributed by atoms with Gasteiger partial charge in [0, 0.05) is 7.05 Å². The van der Waals surface area contributed by atoms with Crippen molar-refractivity contribution in [3.8, 4) is 0 Å². The lowest BCUT2D eigenvalue weighted by molar-refractivity contribution is 0.126. The van der Waals surface area contributed by atoms with Crippen molar-refractivity contribution in [2.45, 2.75) is 37.8 Å². The largest absolute Gasteiger partial charge is 0.444 e. The molecule has 0 spiro atoms. The van der Waals surface area contributed by atoms with E-state index in [1.165, 1.54) is 6.42 Å². The lowest BCUT2D eigenvalue weighted by Crippen LogP contribution is -2.31. The number of hydrogen-bond donors (Lipinski definition) is 0. The van der Waals surface area contributed by atoms with Crippen LogP contribution in [0.3, 0.4) is 0 Å². The minimum atomic E-state index is -0.179. The molecule has 3 nitrogen and oxygen atoms in total. The third-order valence-electron chi connectivity index (χ3n) is 2.81. The van der Waals surface area contributed by atoms with Crippen LogP contribution in [0.4, 0.5) is 4.79 Å². The van der Waals surface area contributed by atoms with Crippen molar-refractivity contribution in [3.63, 3.8) is 0 Å². The quantitative estimate of drug-likeness (QED) is 0.534. The Kier molecular flexibility index (Phi) is 2.25. The smallest absolute Gasteiger partial charge is 0.410 e. The van der Waals surface area contributed by atoms with Crippen LogP contribution in [-0.4, -0.2) is 30.2 Å². The standard InChI is InChI=1S/C10H15NO2/c1-11-8-6-4-2-3-5-7-9(8)13-10(11)12/h4,6,8-9H,2-3,5,7H2,1H3/b6-4+. The summed E-state index contributed by atoms with van der Waals surface area (Å²) in [5, 5.41) is 0. The van der Waals surface area contributed by atoms with Crippen molar-refractivity contribution >= 4 is 6.09 Å². The zero-order valence-electron chi connectivity index (χ0n) is 7.90. The van der Waals surface area contributed by atoms with Crippen LogP contribution in [0, 0.1) is 0 Å². The van der Waals surface area contributed by atoms with Gasteiger partial charge in [-0.25, -0.2) is 4.79 Å². The minimum Gasteiger partial charge on any atom is -0.444 e. The fraction of sp³-hybridized carbons (Fsp3) is 0.700. The van der Waals surface area contributed by atoms with Gasteiger partial charge in [-0.3, -0.25) is 0 Å². The van der Waals surface area contributed by atoms with Crippen molar-refractivity contribution in [2.24, 2.45) is 0 Å². The number of fused-ring (bicyclic) bond motifs is 1. The highest BCUT2D eigenvalue weighted by Crippen LogP contribution is 2.25. The maximum Gasteiger partial charge on any atom is 0.410 e. The van der Waals surface area contributed by atoms with Crippen molar-refractivity contribution in [2.75, 3.05) is 7.05 Å². The molecule has 1 saturated heterocycles. The maximum absolute atomic E-state index is 11.2. The number of rotatable bonds is 0. The molecule has 2 aliphatic rings.